The van der Waals surface area contributed by atoms with Crippen LogP contribution in [0.25, 0.3) is 0 Å². The zero-order valence-corrected chi connectivity index (χ0v) is 6.97. The summed E-state index contributed by atoms with van der Waals surface area (Å²) >= 11 is 0. The minimum absolute atomic E-state index is 0.602. The lowest BCUT2D eigenvalue weighted by molar-refractivity contribution is 0.505. The number of nitrogens with two attached hydrogens (primary N) is 1. The number of hydrogen-bond acceptors (Lipinski definition) is 4. The summed E-state index contributed by atoms with van der Waals surface area (Å²) in [6.07, 6.45) is 1.95. The number of nitrogens with zero attached hydrogens (tertiary/aromatic N) is 2. The van der Waals surface area contributed by atoms with Crippen molar-refractivity contribution in [2.45, 2.75) is 6.42 Å². The van der Waals surface area contributed by atoms with Crippen LogP contribution >= 0.6 is 0 Å². The van der Waals surface area contributed by atoms with Crippen LogP contribution in [0.15, 0.2) is 35.1 Å². The minimum Gasteiger partial charge on any atom is -0.428 e. The van der Waals surface area contributed by atoms with Crippen molar-refractivity contribution in [1.82, 2.24) is 10.2 Å². The average molecular weight is 175 g/mol. The van der Waals surface area contributed by atoms with E-state index in [-0.39, 0.29) is 0 Å². The van der Waals surface area contributed by atoms with E-state index >= 15 is 0 Å². The second-order valence-electron chi connectivity index (χ2n) is 2.75. The van der Waals surface area contributed by atoms with E-state index in [1.54, 1.807) is 0 Å². The zero-order chi connectivity index (χ0) is 9.10. The van der Waals surface area contributed by atoms with Crippen molar-refractivity contribution >= 4 is 5.69 Å². The fraction of sp³-hybridized carbons (Fsp3) is 0.111. The van der Waals surface area contributed by atoms with Crippen LogP contribution in [0.4, 0.5) is 5.69 Å². The average Bonchev–Trinajstić information content (AvgIpc) is 2.57. The van der Waals surface area contributed by atoms with E-state index in [1.807, 2.05) is 24.3 Å². The van der Waals surface area contributed by atoms with E-state index in [0.717, 1.165) is 11.3 Å². The summed E-state index contributed by atoms with van der Waals surface area (Å²) in [5.41, 5.74) is 7.44. The smallest absolute Gasteiger partial charge is 0.220 e. The van der Waals surface area contributed by atoms with E-state index in [4.69, 9.17) is 10.2 Å². The maximum absolute atomic E-state index is 5.62. The van der Waals surface area contributed by atoms with Gasteiger partial charge >= 0.3 is 0 Å². The molecule has 1 aromatic carbocycles. The molecule has 0 unspecified atom stereocenters. The predicted molar refractivity (Wildman–Crippen MR) is 48.0 cm³/mol. The highest BCUT2D eigenvalue weighted by molar-refractivity contribution is 5.41. The maximum atomic E-state index is 5.62. The molecule has 0 aliphatic heterocycles. The molecule has 0 fully saturated rings. The summed E-state index contributed by atoms with van der Waals surface area (Å²) in [6, 6.07) is 7.61. The summed E-state index contributed by atoms with van der Waals surface area (Å²) in [5.74, 6) is 0.602. The molecule has 0 amide bonds. The lowest BCUT2D eigenvalue weighted by Crippen LogP contribution is -1.91. The molecule has 2 aromatic rings. The number of hydrogen-bond donors (Lipinski definition) is 1. The highest BCUT2D eigenvalue weighted by atomic mass is 16.4. The van der Waals surface area contributed by atoms with Gasteiger partial charge in [0.25, 0.3) is 0 Å². The summed E-state index contributed by atoms with van der Waals surface area (Å²) in [7, 11) is 0. The SMILES string of the molecule is Nc1cccc(Cc2nnco2)c1. The molecule has 0 saturated carbocycles. The quantitative estimate of drug-likeness (QED) is 0.697. The third kappa shape index (κ3) is 1.84. The van der Waals surface area contributed by atoms with Gasteiger partial charge in [0.15, 0.2) is 0 Å². The second-order valence-corrected chi connectivity index (χ2v) is 2.75. The van der Waals surface area contributed by atoms with Gasteiger partial charge in [0, 0.05) is 5.69 Å². The highest BCUT2D eigenvalue weighted by Gasteiger charge is 2.00. The van der Waals surface area contributed by atoms with Crippen LogP contribution in [-0.2, 0) is 6.42 Å². The van der Waals surface area contributed by atoms with Gasteiger partial charge in [-0.2, -0.15) is 0 Å². The molecule has 0 bridgehead atoms. The number of nitrogen functional groups attached to an aromatic ring is 1. The first-order valence-electron chi connectivity index (χ1n) is 3.94. The van der Waals surface area contributed by atoms with Crippen LogP contribution in [0.3, 0.4) is 0 Å². The molecule has 0 aliphatic rings. The van der Waals surface area contributed by atoms with E-state index in [0.29, 0.717) is 12.3 Å². The third-order valence-corrected chi connectivity index (χ3v) is 1.71. The normalized spacial score (nSPS) is 10.2. The molecular formula is C9H9N3O. The van der Waals surface area contributed by atoms with Crippen molar-refractivity contribution in [3.63, 3.8) is 0 Å². The van der Waals surface area contributed by atoms with Crippen LogP contribution in [-0.4, -0.2) is 10.2 Å². The van der Waals surface area contributed by atoms with Crippen molar-refractivity contribution in [1.29, 1.82) is 0 Å². The fourth-order valence-corrected chi connectivity index (χ4v) is 1.15. The van der Waals surface area contributed by atoms with Crippen molar-refractivity contribution in [3.05, 3.63) is 42.1 Å². The lowest BCUT2D eigenvalue weighted by Gasteiger charge is -1.97. The van der Waals surface area contributed by atoms with E-state index in [2.05, 4.69) is 10.2 Å². The number of anilines is 1. The van der Waals surface area contributed by atoms with Crippen molar-refractivity contribution < 1.29 is 4.42 Å². The molecule has 2 rings (SSSR count). The van der Waals surface area contributed by atoms with Crippen LogP contribution in [0, 0.1) is 0 Å². The molecule has 0 radical (unpaired) electrons. The summed E-state index contributed by atoms with van der Waals surface area (Å²) in [4.78, 5) is 0. The monoisotopic (exact) mass is 175 g/mol. The van der Waals surface area contributed by atoms with Gasteiger partial charge in [-0.15, -0.1) is 10.2 Å². The maximum Gasteiger partial charge on any atom is 0.220 e. The third-order valence-electron chi connectivity index (χ3n) is 1.71. The van der Waals surface area contributed by atoms with Gasteiger partial charge in [0.2, 0.25) is 12.3 Å². The van der Waals surface area contributed by atoms with E-state index in [1.165, 1.54) is 6.39 Å². The molecule has 4 nitrogen and oxygen atoms in total. The predicted octanol–water partition coefficient (Wildman–Crippen LogP) is 1.24. The number of benzene rings is 1. The first-order valence-corrected chi connectivity index (χ1v) is 3.94. The first-order chi connectivity index (χ1) is 6.34. The molecule has 1 heterocycles. The Morgan fingerprint density at radius 1 is 1.38 bits per heavy atom. The molecule has 66 valence electrons. The van der Waals surface area contributed by atoms with Gasteiger partial charge in [-0.25, -0.2) is 0 Å². The van der Waals surface area contributed by atoms with Gasteiger partial charge in [-0.1, -0.05) is 12.1 Å². The van der Waals surface area contributed by atoms with Gasteiger partial charge in [0.1, 0.15) is 0 Å². The minimum atomic E-state index is 0.602. The van der Waals surface area contributed by atoms with Gasteiger partial charge in [-0.3, -0.25) is 0 Å². The summed E-state index contributed by atoms with van der Waals surface area (Å²) < 4.78 is 5.01. The van der Waals surface area contributed by atoms with Crippen molar-refractivity contribution in [2.75, 3.05) is 5.73 Å². The van der Waals surface area contributed by atoms with Crippen LogP contribution in [0.2, 0.25) is 0 Å². The Balaban J connectivity index is 2.19. The topological polar surface area (TPSA) is 64.9 Å². The Kier molecular flexibility index (Phi) is 1.96. The molecule has 13 heavy (non-hydrogen) atoms. The number of rotatable bonds is 2. The zero-order valence-electron chi connectivity index (χ0n) is 6.97. The highest BCUT2D eigenvalue weighted by Crippen LogP contribution is 2.10. The van der Waals surface area contributed by atoms with E-state index in [9.17, 15) is 0 Å². The Morgan fingerprint density at radius 3 is 3.00 bits per heavy atom. The molecule has 0 saturated heterocycles. The Hall–Kier alpha value is -1.84. The molecule has 4 heteroatoms. The standard InChI is InChI=1S/C9H9N3O/c10-8-3-1-2-7(4-8)5-9-12-11-6-13-9/h1-4,6H,5,10H2. The second kappa shape index (κ2) is 3.26. The van der Waals surface area contributed by atoms with Crippen LogP contribution in [0.5, 0.6) is 0 Å². The van der Waals surface area contributed by atoms with Crippen LogP contribution in [0.1, 0.15) is 11.5 Å². The largest absolute Gasteiger partial charge is 0.428 e. The molecule has 1 aromatic heterocycles. The summed E-state index contributed by atoms with van der Waals surface area (Å²) in [6.45, 7) is 0. The lowest BCUT2D eigenvalue weighted by atomic mass is 10.1. The summed E-state index contributed by atoms with van der Waals surface area (Å²) in [5, 5.41) is 7.38. The molecule has 0 atom stereocenters. The van der Waals surface area contributed by atoms with Crippen molar-refractivity contribution in [2.24, 2.45) is 0 Å². The Morgan fingerprint density at radius 2 is 2.31 bits per heavy atom. The first kappa shape index (κ1) is 7.79. The fourth-order valence-electron chi connectivity index (χ4n) is 1.15. The van der Waals surface area contributed by atoms with Gasteiger partial charge in [0.05, 0.1) is 6.42 Å². The van der Waals surface area contributed by atoms with Crippen molar-refractivity contribution in [3.8, 4) is 0 Å². The molecular weight excluding hydrogens is 166 g/mol. The van der Waals surface area contributed by atoms with Gasteiger partial charge in [-0.05, 0) is 17.7 Å². The number of aromatic nitrogens is 2. The molecule has 0 aliphatic carbocycles. The Bertz CT molecular complexity index is 384. The molecule has 0 spiro atoms. The molecule has 2 N–H and O–H groups in total. The van der Waals surface area contributed by atoms with E-state index < -0.39 is 0 Å². The Labute approximate surface area is 75.4 Å². The van der Waals surface area contributed by atoms with Gasteiger partial charge < -0.3 is 10.2 Å². The van der Waals surface area contributed by atoms with Crippen LogP contribution < -0.4 is 5.73 Å².